The summed E-state index contributed by atoms with van der Waals surface area (Å²) < 4.78 is 34.9. The number of nitrogens with zero attached hydrogens (tertiary/aromatic N) is 4. The van der Waals surface area contributed by atoms with E-state index in [1.807, 2.05) is 19.9 Å². The highest BCUT2D eigenvalue weighted by Gasteiger charge is 2.20. The summed E-state index contributed by atoms with van der Waals surface area (Å²) in [5, 5.41) is 4.35. The summed E-state index contributed by atoms with van der Waals surface area (Å²) in [5.41, 5.74) is 2.64. The molecule has 26 heavy (non-hydrogen) atoms. The lowest BCUT2D eigenvalue weighted by Crippen LogP contribution is -2.15. The van der Waals surface area contributed by atoms with Crippen molar-refractivity contribution in [3.63, 3.8) is 0 Å². The monoisotopic (exact) mass is 371 g/mol. The number of nitrogens with one attached hydrogen (secondary N) is 1. The van der Waals surface area contributed by atoms with Crippen molar-refractivity contribution in [2.24, 2.45) is 0 Å². The predicted molar refractivity (Wildman–Crippen MR) is 95.1 cm³/mol. The molecule has 0 aliphatic carbocycles. The quantitative estimate of drug-likeness (QED) is 0.753. The SMILES string of the molecule is Cc1cc(C)n(-c2cc(NS(=O)(=O)c3ccc4c(c3)CCO4)ncn2)n1. The molecule has 2 aromatic heterocycles. The number of fused-ring (bicyclic) bond motifs is 1. The van der Waals surface area contributed by atoms with Gasteiger partial charge in [-0.3, -0.25) is 4.72 Å². The number of benzene rings is 1. The van der Waals surface area contributed by atoms with Crippen LogP contribution in [0.25, 0.3) is 5.82 Å². The molecule has 8 nitrogen and oxygen atoms in total. The molecule has 0 spiro atoms. The van der Waals surface area contributed by atoms with Crippen LogP contribution >= 0.6 is 0 Å². The lowest BCUT2D eigenvalue weighted by molar-refractivity contribution is 0.356. The Kier molecular flexibility index (Phi) is 3.87. The first-order valence-electron chi connectivity index (χ1n) is 8.07. The molecule has 0 saturated carbocycles. The van der Waals surface area contributed by atoms with Crippen molar-refractivity contribution in [2.75, 3.05) is 11.3 Å². The molecule has 0 radical (unpaired) electrons. The van der Waals surface area contributed by atoms with Crippen LogP contribution in [-0.2, 0) is 16.4 Å². The van der Waals surface area contributed by atoms with E-state index in [9.17, 15) is 8.42 Å². The van der Waals surface area contributed by atoms with E-state index in [0.29, 0.717) is 18.8 Å². The number of anilines is 1. The highest BCUT2D eigenvalue weighted by molar-refractivity contribution is 7.92. The molecule has 1 aromatic carbocycles. The van der Waals surface area contributed by atoms with Crippen molar-refractivity contribution < 1.29 is 13.2 Å². The second-order valence-corrected chi connectivity index (χ2v) is 7.76. The predicted octanol–water partition coefficient (Wildman–Crippen LogP) is 2.01. The van der Waals surface area contributed by atoms with Gasteiger partial charge in [0.1, 0.15) is 17.9 Å². The van der Waals surface area contributed by atoms with E-state index in [4.69, 9.17) is 4.74 Å². The zero-order valence-corrected chi connectivity index (χ0v) is 15.1. The van der Waals surface area contributed by atoms with Gasteiger partial charge < -0.3 is 4.74 Å². The Bertz CT molecular complexity index is 1090. The molecule has 9 heteroatoms. The first-order chi connectivity index (χ1) is 12.4. The highest BCUT2D eigenvalue weighted by atomic mass is 32.2. The fourth-order valence-corrected chi connectivity index (χ4v) is 3.96. The summed E-state index contributed by atoms with van der Waals surface area (Å²) in [5.74, 6) is 1.41. The van der Waals surface area contributed by atoms with Gasteiger partial charge >= 0.3 is 0 Å². The maximum Gasteiger partial charge on any atom is 0.263 e. The summed E-state index contributed by atoms with van der Waals surface area (Å²) in [6, 6.07) is 8.30. The van der Waals surface area contributed by atoms with Crippen molar-refractivity contribution in [3.05, 3.63) is 53.6 Å². The average molecular weight is 371 g/mol. The molecule has 0 fully saturated rings. The fraction of sp³-hybridized carbons (Fsp3) is 0.235. The van der Waals surface area contributed by atoms with Crippen LogP contribution in [0.5, 0.6) is 5.75 Å². The molecule has 0 atom stereocenters. The van der Waals surface area contributed by atoms with Gasteiger partial charge in [-0.2, -0.15) is 5.10 Å². The standard InChI is InChI=1S/C17H17N5O3S/c1-11-7-12(2)22(20-11)17-9-16(18-10-19-17)21-26(23,24)14-3-4-15-13(8-14)5-6-25-15/h3-4,7-10H,5-6H2,1-2H3,(H,18,19,21). The molecule has 1 aliphatic heterocycles. The third-order valence-electron chi connectivity index (χ3n) is 4.09. The van der Waals surface area contributed by atoms with Gasteiger partial charge in [-0.05, 0) is 43.7 Å². The molecule has 134 valence electrons. The van der Waals surface area contributed by atoms with Gasteiger partial charge in [0.25, 0.3) is 10.0 Å². The van der Waals surface area contributed by atoms with Crippen molar-refractivity contribution in [3.8, 4) is 11.6 Å². The summed E-state index contributed by atoms with van der Waals surface area (Å²) in [6.07, 6.45) is 2.01. The molecule has 3 heterocycles. The minimum absolute atomic E-state index is 0.174. The Balaban J connectivity index is 1.64. The van der Waals surface area contributed by atoms with Gasteiger partial charge in [-0.25, -0.2) is 23.1 Å². The van der Waals surface area contributed by atoms with Crippen LogP contribution in [-0.4, -0.2) is 34.8 Å². The Morgan fingerprint density at radius 3 is 2.77 bits per heavy atom. The normalized spacial score (nSPS) is 13.3. The Labute approximate surface area is 150 Å². The van der Waals surface area contributed by atoms with Gasteiger partial charge in [0, 0.05) is 18.2 Å². The lowest BCUT2D eigenvalue weighted by Gasteiger charge is -2.10. The summed E-state index contributed by atoms with van der Waals surface area (Å²) in [4.78, 5) is 8.36. The van der Waals surface area contributed by atoms with E-state index in [1.54, 1.807) is 22.9 Å². The van der Waals surface area contributed by atoms with Crippen LogP contribution in [0.2, 0.25) is 0 Å². The number of sulfonamides is 1. The van der Waals surface area contributed by atoms with Crippen LogP contribution in [0, 0.1) is 13.8 Å². The topological polar surface area (TPSA) is 99.0 Å². The van der Waals surface area contributed by atoms with Crippen LogP contribution in [0.4, 0.5) is 5.82 Å². The van der Waals surface area contributed by atoms with E-state index in [2.05, 4.69) is 19.8 Å². The molecule has 4 rings (SSSR count). The lowest BCUT2D eigenvalue weighted by atomic mass is 10.2. The number of hydrogen-bond acceptors (Lipinski definition) is 6. The molecule has 0 bridgehead atoms. The second-order valence-electron chi connectivity index (χ2n) is 6.07. The minimum Gasteiger partial charge on any atom is -0.493 e. The summed E-state index contributed by atoms with van der Waals surface area (Å²) in [7, 11) is -3.76. The summed E-state index contributed by atoms with van der Waals surface area (Å²) >= 11 is 0. The molecule has 0 unspecified atom stereocenters. The third-order valence-corrected chi connectivity index (χ3v) is 5.44. The molecule has 0 saturated heterocycles. The number of hydrogen-bond donors (Lipinski definition) is 1. The Hall–Kier alpha value is -2.94. The Morgan fingerprint density at radius 1 is 1.15 bits per heavy atom. The molecule has 1 aliphatic rings. The number of rotatable bonds is 4. The van der Waals surface area contributed by atoms with E-state index >= 15 is 0 Å². The van der Waals surface area contributed by atoms with Crippen molar-refractivity contribution in [2.45, 2.75) is 25.2 Å². The first-order valence-corrected chi connectivity index (χ1v) is 9.55. The van der Waals surface area contributed by atoms with E-state index in [-0.39, 0.29) is 10.7 Å². The number of ether oxygens (including phenoxy) is 1. The van der Waals surface area contributed by atoms with Gasteiger partial charge in [-0.1, -0.05) is 0 Å². The zero-order chi connectivity index (χ0) is 18.3. The largest absolute Gasteiger partial charge is 0.493 e. The maximum atomic E-state index is 12.7. The zero-order valence-electron chi connectivity index (χ0n) is 14.3. The van der Waals surface area contributed by atoms with Gasteiger partial charge in [0.05, 0.1) is 17.2 Å². The molecular formula is C17H17N5O3S. The van der Waals surface area contributed by atoms with E-state index in [1.165, 1.54) is 12.4 Å². The van der Waals surface area contributed by atoms with Gasteiger partial charge in [-0.15, -0.1) is 0 Å². The smallest absolute Gasteiger partial charge is 0.263 e. The Morgan fingerprint density at radius 2 is 2.00 bits per heavy atom. The van der Waals surface area contributed by atoms with E-state index < -0.39 is 10.0 Å². The minimum atomic E-state index is -3.76. The second kappa shape index (κ2) is 6.10. The number of aryl methyl sites for hydroxylation is 2. The fourth-order valence-electron chi connectivity index (χ4n) is 2.91. The maximum absolute atomic E-state index is 12.7. The van der Waals surface area contributed by atoms with Crippen LogP contribution in [0.3, 0.4) is 0 Å². The van der Waals surface area contributed by atoms with Crippen molar-refractivity contribution >= 4 is 15.8 Å². The molecule has 0 amide bonds. The van der Waals surface area contributed by atoms with Crippen molar-refractivity contribution in [1.82, 2.24) is 19.7 Å². The molecular weight excluding hydrogens is 354 g/mol. The van der Waals surface area contributed by atoms with Crippen LogP contribution in [0.1, 0.15) is 17.0 Å². The van der Waals surface area contributed by atoms with Crippen LogP contribution in [0.15, 0.2) is 41.6 Å². The third kappa shape index (κ3) is 3.01. The van der Waals surface area contributed by atoms with Gasteiger partial charge in [0.15, 0.2) is 5.82 Å². The summed E-state index contributed by atoms with van der Waals surface area (Å²) in [6.45, 7) is 4.36. The van der Waals surface area contributed by atoms with E-state index in [0.717, 1.165) is 22.7 Å². The first kappa shape index (κ1) is 16.5. The van der Waals surface area contributed by atoms with Crippen LogP contribution < -0.4 is 9.46 Å². The molecule has 3 aromatic rings. The average Bonchev–Trinajstić information content (AvgIpc) is 3.19. The van der Waals surface area contributed by atoms with Gasteiger partial charge in [0.2, 0.25) is 0 Å². The van der Waals surface area contributed by atoms with Crippen molar-refractivity contribution in [1.29, 1.82) is 0 Å². The highest BCUT2D eigenvalue weighted by Crippen LogP contribution is 2.28. The molecule has 1 N–H and O–H groups in total. The number of aromatic nitrogens is 4.